The van der Waals surface area contributed by atoms with Gasteiger partial charge in [0.15, 0.2) is 0 Å². The Morgan fingerprint density at radius 2 is 1.00 bits per heavy atom. The van der Waals surface area contributed by atoms with Crippen molar-refractivity contribution in [1.82, 2.24) is 0 Å². The maximum atomic E-state index is 0. The molecular formula is H2CaOTiZr. The molecule has 0 amide bonds. The van der Waals surface area contributed by atoms with Gasteiger partial charge in [-0.25, -0.2) is 0 Å². The van der Waals surface area contributed by atoms with Gasteiger partial charge in [-0.05, 0) is 0 Å². The van der Waals surface area contributed by atoms with Crippen molar-refractivity contribution in [2.45, 2.75) is 0 Å². The van der Waals surface area contributed by atoms with Gasteiger partial charge in [-0.15, -0.1) is 0 Å². The molecule has 0 atom stereocenters. The molecular weight excluding hydrogens is 195 g/mol. The Hall–Kier alpha value is 2.82. The molecule has 4 heteroatoms. The summed E-state index contributed by atoms with van der Waals surface area (Å²) in [6.45, 7) is 0. The van der Waals surface area contributed by atoms with E-state index in [2.05, 4.69) is 0 Å². The Morgan fingerprint density at radius 3 is 1.00 bits per heavy atom. The van der Waals surface area contributed by atoms with E-state index >= 15 is 0 Å². The zero-order valence-corrected chi connectivity index (χ0v) is 9.59. The molecule has 0 bridgehead atoms. The van der Waals surface area contributed by atoms with Crippen molar-refractivity contribution in [1.29, 1.82) is 0 Å². The van der Waals surface area contributed by atoms with Gasteiger partial charge in [0, 0.05) is 47.9 Å². The van der Waals surface area contributed by atoms with Gasteiger partial charge in [-0.1, -0.05) is 0 Å². The van der Waals surface area contributed by atoms with Gasteiger partial charge in [-0.3, -0.25) is 0 Å². The van der Waals surface area contributed by atoms with Crippen LogP contribution in [0.5, 0.6) is 0 Å². The Bertz CT molecular complexity index is 8.00. The monoisotopic (exact) mass is 196 g/mol. The summed E-state index contributed by atoms with van der Waals surface area (Å²) >= 11 is 0. The summed E-state index contributed by atoms with van der Waals surface area (Å²) in [4.78, 5) is 0. The first-order valence-electron chi connectivity index (χ1n) is 0. The molecule has 1 nitrogen and oxygen atoms in total. The maximum Gasteiger partial charge on any atom is 0 e. The van der Waals surface area contributed by atoms with Crippen LogP contribution in [0.4, 0.5) is 0 Å². The van der Waals surface area contributed by atoms with Gasteiger partial charge in [0.1, 0.15) is 0 Å². The van der Waals surface area contributed by atoms with Crippen LogP contribution in [-0.4, -0.2) is 43.2 Å². The summed E-state index contributed by atoms with van der Waals surface area (Å²) in [7, 11) is 0. The number of hydrogen-bond acceptors (Lipinski definition) is 1. The third-order valence-electron chi connectivity index (χ3n) is 0. The van der Waals surface area contributed by atoms with Crippen molar-refractivity contribution in [2.75, 3.05) is 0 Å². The smallest absolute Gasteiger partial charge is 0 e. The summed E-state index contributed by atoms with van der Waals surface area (Å²) in [5, 5.41) is 0. The average Bonchev–Trinajstić information content (AvgIpc) is 0. The van der Waals surface area contributed by atoms with Crippen LogP contribution in [0.25, 0.3) is 0 Å². The Kier molecular flexibility index (Phi) is 124. The van der Waals surface area contributed by atoms with E-state index in [-0.39, 0.29) is 91.1 Å². The van der Waals surface area contributed by atoms with E-state index in [0.29, 0.717) is 0 Å². The molecule has 0 aromatic carbocycles. The van der Waals surface area contributed by atoms with Gasteiger partial charge in [0.05, 0.1) is 0 Å². The third kappa shape index (κ3) is 8.84. The van der Waals surface area contributed by atoms with Gasteiger partial charge >= 0.3 is 37.7 Å². The van der Waals surface area contributed by atoms with E-state index in [1.165, 1.54) is 0 Å². The topological polar surface area (TPSA) is 30.0 Å². The minimum Gasteiger partial charge on any atom is -0.870 e. The van der Waals surface area contributed by atoms with E-state index in [9.17, 15) is 0 Å². The summed E-state index contributed by atoms with van der Waals surface area (Å²) in [5.74, 6) is 0. The predicted molar refractivity (Wildman–Crippen MR) is 9.08 cm³/mol. The molecule has 0 saturated heterocycles. The molecule has 0 heterocycles. The van der Waals surface area contributed by atoms with Gasteiger partial charge in [0.25, 0.3) is 0 Å². The molecule has 0 unspecified atom stereocenters. The zero-order valence-electron chi connectivity index (χ0n) is 2.45. The Balaban J connectivity index is 0. The van der Waals surface area contributed by atoms with Gasteiger partial charge < -0.3 is 5.48 Å². The molecule has 4 heavy (non-hydrogen) atoms. The molecule has 18 valence electrons. The molecule has 1 N–H and O–H groups in total. The van der Waals surface area contributed by atoms with Crippen LogP contribution in [0.3, 0.4) is 0 Å². The van der Waals surface area contributed by atoms with Crippen LogP contribution in [0, 0.1) is 0 Å². The van der Waals surface area contributed by atoms with Crippen LogP contribution in [0.2, 0.25) is 0 Å². The molecule has 0 aliphatic heterocycles. The van der Waals surface area contributed by atoms with E-state index in [4.69, 9.17) is 0 Å². The van der Waals surface area contributed by atoms with E-state index < -0.39 is 0 Å². The summed E-state index contributed by atoms with van der Waals surface area (Å²) < 4.78 is 0. The SMILES string of the molecule is [CaH+].[OH-].[Ti].[Zr]. The first-order valence-corrected chi connectivity index (χ1v) is 0. The molecule has 0 aromatic rings. The largest absolute Gasteiger partial charge is 0.870 e. The number of hydrogen-bond donors (Lipinski definition) is 0. The minimum atomic E-state index is 0. The Labute approximate surface area is 89.2 Å². The quantitative estimate of drug-likeness (QED) is 0.466. The molecule has 0 aliphatic rings. The van der Waals surface area contributed by atoms with Crippen LogP contribution in [-0.2, 0) is 47.9 Å². The van der Waals surface area contributed by atoms with Crippen molar-refractivity contribution >= 4 is 37.7 Å². The van der Waals surface area contributed by atoms with Crippen LogP contribution >= 0.6 is 0 Å². The van der Waals surface area contributed by atoms with E-state index in [0.717, 1.165) is 0 Å². The second-order valence-electron chi connectivity index (χ2n) is 0. The standard InChI is InChI=1S/Ca.H2O.Ti.Zr.H/h;1H2;;;/q+1;;;;/p-1. The predicted octanol–water partition coefficient (Wildman–Crippen LogP) is -0.830. The average molecular weight is 197 g/mol. The van der Waals surface area contributed by atoms with E-state index in [1.807, 2.05) is 0 Å². The second kappa shape index (κ2) is 17.0. The van der Waals surface area contributed by atoms with Crippen molar-refractivity contribution < 1.29 is 53.4 Å². The molecule has 0 radical (unpaired) electrons. The molecule has 0 fully saturated rings. The van der Waals surface area contributed by atoms with Crippen LogP contribution < -0.4 is 0 Å². The summed E-state index contributed by atoms with van der Waals surface area (Å²) in [6, 6.07) is 0. The number of rotatable bonds is 0. The molecule has 0 spiro atoms. The first-order chi connectivity index (χ1) is 0. The fourth-order valence-electron chi connectivity index (χ4n) is 0. The second-order valence-corrected chi connectivity index (χ2v) is 0. The summed E-state index contributed by atoms with van der Waals surface area (Å²) in [5.41, 5.74) is 0. The van der Waals surface area contributed by atoms with Crippen molar-refractivity contribution in [3.05, 3.63) is 0 Å². The fraction of sp³-hybridized carbons (Fsp3) is 0. The molecule has 0 aromatic heterocycles. The normalized spacial score (nSPS) is 0. The Morgan fingerprint density at radius 1 is 1.00 bits per heavy atom. The molecule has 0 aliphatic carbocycles. The van der Waals surface area contributed by atoms with Gasteiger partial charge in [0.2, 0.25) is 0 Å². The first kappa shape index (κ1) is 29.1. The van der Waals surface area contributed by atoms with Crippen LogP contribution in [0.15, 0.2) is 0 Å². The third-order valence-corrected chi connectivity index (χ3v) is 0. The fourth-order valence-corrected chi connectivity index (χ4v) is 0. The molecule has 0 rings (SSSR count). The van der Waals surface area contributed by atoms with Crippen molar-refractivity contribution in [2.24, 2.45) is 0 Å². The van der Waals surface area contributed by atoms with Crippen molar-refractivity contribution in [3.8, 4) is 0 Å². The molecule has 0 saturated carbocycles. The van der Waals surface area contributed by atoms with E-state index in [1.54, 1.807) is 0 Å². The van der Waals surface area contributed by atoms with Crippen molar-refractivity contribution in [3.63, 3.8) is 0 Å². The summed E-state index contributed by atoms with van der Waals surface area (Å²) in [6.07, 6.45) is 0. The maximum absolute atomic E-state index is 0. The minimum absolute atomic E-state index is 0. The zero-order chi connectivity index (χ0) is 0. The van der Waals surface area contributed by atoms with Crippen LogP contribution in [0.1, 0.15) is 0 Å². The van der Waals surface area contributed by atoms with Gasteiger partial charge in [-0.2, -0.15) is 0 Å².